The van der Waals surface area contributed by atoms with Gasteiger partial charge in [0.15, 0.2) is 0 Å². The van der Waals surface area contributed by atoms with Crippen molar-refractivity contribution in [1.29, 1.82) is 0 Å². The van der Waals surface area contributed by atoms with E-state index < -0.39 is 0 Å². The van der Waals surface area contributed by atoms with E-state index in [-0.39, 0.29) is 0 Å². The Bertz CT molecular complexity index is 400. The van der Waals surface area contributed by atoms with E-state index in [0.29, 0.717) is 6.54 Å². The fraction of sp³-hybridized carbons (Fsp3) is 0.600. The van der Waals surface area contributed by atoms with Gasteiger partial charge in [-0.1, -0.05) is 13.0 Å². The summed E-state index contributed by atoms with van der Waals surface area (Å²) >= 11 is 0. The topological polar surface area (TPSA) is 41.7 Å². The van der Waals surface area contributed by atoms with Crippen LogP contribution < -0.4 is 10.5 Å². The van der Waals surface area contributed by atoms with Crippen LogP contribution in [0.3, 0.4) is 0 Å². The Morgan fingerprint density at radius 2 is 1.84 bits per heavy atom. The van der Waals surface area contributed by atoms with Gasteiger partial charge in [0.2, 0.25) is 0 Å². The van der Waals surface area contributed by atoms with Crippen molar-refractivity contribution in [3.8, 4) is 5.75 Å². The van der Waals surface area contributed by atoms with Crippen molar-refractivity contribution in [2.45, 2.75) is 20.0 Å². The number of rotatable bonds is 5. The third-order valence-electron chi connectivity index (χ3n) is 3.89. The number of methoxy groups -OCH3 is 1. The predicted molar refractivity (Wildman–Crippen MR) is 78.3 cm³/mol. The molecule has 0 atom stereocenters. The van der Waals surface area contributed by atoms with Crippen molar-refractivity contribution in [2.24, 2.45) is 5.73 Å². The first-order chi connectivity index (χ1) is 9.26. The number of benzene rings is 1. The van der Waals surface area contributed by atoms with E-state index in [1.165, 1.54) is 11.1 Å². The largest absolute Gasteiger partial charge is 0.496 e. The van der Waals surface area contributed by atoms with E-state index in [9.17, 15) is 0 Å². The van der Waals surface area contributed by atoms with Crippen LogP contribution in [0.15, 0.2) is 18.2 Å². The predicted octanol–water partition coefficient (Wildman–Crippen LogP) is 1.29. The highest BCUT2D eigenvalue weighted by Gasteiger charge is 2.17. The summed E-state index contributed by atoms with van der Waals surface area (Å²) in [5, 5.41) is 0. The first-order valence-corrected chi connectivity index (χ1v) is 7.07. The molecular formula is C15H25N3O. The van der Waals surface area contributed by atoms with Crippen molar-refractivity contribution in [2.75, 3.05) is 39.8 Å². The molecule has 4 heteroatoms. The number of ether oxygens (including phenoxy) is 1. The average molecular weight is 263 g/mol. The molecule has 1 fully saturated rings. The molecule has 1 aromatic rings. The molecular weight excluding hydrogens is 238 g/mol. The molecule has 0 saturated carbocycles. The zero-order chi connectivity index (χ0) is 13.7. The summed E-state index contributed by atoms with van der Waals surface area (Å²) in [6.07, 6.45) is 0. The molecule has 0 amide bonds. The average Bonchev–Trinajstić information content (AvgIpc) is 2.48. The molecule has 2 N–H and O–H groups in total. The standard InChI is InChI=1S/C15H25N3O/c1-3-17-6-8-18(9-7-17)12-14-10-13(11-16)4-5-15(14)19-2/h4-5,10H,3,6-9,11-12,16H2,1-2H3. The molecule has 1 saturated heterocycles. The lowest BCUT2D eigenvalue weighted by Gasteiger charge is -2.34. The van der Waals surface area contributed by atoms with Gasteiger partial charge in [0, 0.05) is 44.8 Å². The van der Waals surface area contributed by atoms with Crippen LogP contribution in [0, 0.1) is 0 Å². The van der Waals surface area contributed by atoms with Crippen molar-refractivity contribution < 1.29 is 4.74 Å². The van der Waals surface area contributed by atoms with Crippen LogP contribution in [0.4, 0.5) is 0 Å². The van der Waals surface area contributed by atoms with Crippen LogP contribution in [0.25, 0.3) is 0 Å². The normalized spacial score (nSPS) is 17.6. The van der Waals surface area contributed by atoms with Crippen molar-refractivity contribution in [1.82, 2.24) is 9.80 Å². The molecule has 0 radical (unpaired) electrons. The van der Waals surface area contributed by atoms with Crippen molar-refractivity contribution in [3.63, 3.8) is 0 Å². The lowest BCUT2D eigenvalue weighted by molar-refractivity contribution is 0.131. The van der Waals surface area contributed by atoms with Crippen LogP contribution in [0.2, 0.25) is 0 Å². The Hall–Kier alpha value is -1.10. The summed E-state index contributed by atoms with van der Waals surface area (Å²) in [6.45, 7) is 9.50. The van der Waals surface area contributed by atoms with Crippen molar-refractivity contribution in [3.05, 3.63) is 29.3 Å². The van der Waals surface area contributed by atoms with E-state index in [0.717, 1.165) is 45.0 Å². The minimum absolute atomic E-state index is 0.584. The van der Waals surface area contributed by atoms with E-state index >= 15 is 0 Å². The molecule has 0 bridgehead atoms. The minimum atomic E-state index is 0.584. The molecule has 1 heterocycles. The summed E-state index contributed by atoms with van der Waals surface area (Å²) in [7, 11) is 1.73. The van der Waals surface area contributed by atoms with E-state index in [4.69, 9.17) is 10.5 Å². The number of likely N-dealkylation sites (N-methyl/N-ethyl adjacent to an activating group) is 1. The Labute approximate surface area is 116 Å². The second-order valence-electron chi connectivity index (χ2n) is 5.06. The number of hydrogen-bond acceptors (Lipinski definition) is 4. The van der Waals surface area contributed by atoms with E-state index in [1.807, 2.05) is 12.1 Å². The lowest BCUT2D eigenvalue weighted by atomic mass is 10.1. The molecule has 1 aliphatic rings. The Balaban J connectivity index is 2.02. The molecule has 1 aliphatic heterocycles. The maximum Gasteiger partial charge on any atom is 0.123 e. The van der Waals surface area contributed by atoms with Gasteiger partial charge < -0.3 is 15.4 Å². The zero-order valence-corrected chi connectivity index (χ0v) is 12.1. The molecule has 0 aliphatic carbocycles. The van der Waals surface area contributed by atoms with Crippen LogP contribution in [0.1, 0.15) is 18.1 Å². The second kappa shape index (κ2) is 6.89. The Morgan fingerprint density at radius 3 is 2.42 bits per heavy atom. The maximum atomic E-state index is 5.72. The summed E-state index contributed by atoms with van der Waals surface area (Å²) in [5.74, 6) is 0.968. The highest BCUT2D eigenvalue weighted by atomic mass is 16.5. The summed E-state index contributed by atoms with van der Waals surface area (Å²) in [5.41, 5.74) is 8.13. The molecule has 0 unspecified atom stereocenters. The summed E-state index contributed by atoms with van der Waals surface area (Å²) in [6, 6.07) is 6.24. The first-order valence-electron chi connectivity index (χ1n) is 7.07. The van der Waals surface area contributed by atoms with Gasteiger partial charge in [-0.05, 0) is 24.2 Å². The Morgan fingerprint density at radius 1 is 1.16 bits per heavy atom. The van der Waals surface area contributed by atoms with Crippen LogP contribution in [0.5, 0.6) is 5.75 Å². The first kappa shape index (κ1) is 14.3. The molecule has 106 valence electrons. The van der Waals surface area contributed by atoms with Gasteiger partial charge in [-0.25, -0.2) is 0 Å². The summed E-state index contributed by atoms with van der Waals surface area (Å²) in [4.78, 5) is 4.98. The van der Waals surface area contributed by atoms with Gasteiger partial charge in [-0.2, -0.15) is 0 Å². The Kier molecular flexibility index (Phi) is 5.19. The van der Waals surface area contributed by atoms with Crippen LogP contribution in [-0.4, -0.2) is 49.6 Å². The van der Waals surface area contributed by atoms with Crippen LogP contribution >= 0.6 is 0 Å². The number of piperazine rings is 1. The highest BCUT2D eigenvalue weighted by Crippen LogP contribution is 2.22. The lowest BCUT2D eigenvalue weighted by Crippen LogP contribution is -2.45. The number of nitrogens with two attached hydrogens (primary N) is 1. The van der Waals surface area contributed by atoms with Gasteiger partial charge in [0.05, 0.1) is 7.11 Å². The fourth-order valence-corrected chi connectivity index (χ4v) is 2.59. The van der Waals surface area contributed by atoms with E-state index in [1.54, 1.807) is 7.11 Å². The van der Waals surface area contributed by atoms with Gasteiger partial charge in [0.25, 0.3) is 0 Å². The molecule has 2 rings (SSSR count). The third kappa shape index (κ3) is 3.69. The monoisotopic (exact) mass is 263 g/mol. The fourth-order valence-electron chi connectivity index (χ4n) is 2.59. The van der Waals surface area contributed by atoms with Gasteiger partial charge in [0.1, 0.15) is 5.75 Å². The summed E-state index contributed by atoms with van der Waals surface area (Å²) < 4.78 is 5.45. The number of nitrogens with zero attached hydrogens (tertiary/aromatic N) is 2. The third-order valence-corrected chi connectivity index (χ3v) is 3.89. The smallest absolute Gasteiger partial charge is 0.123 e. The van der Waals surface area contributed by atoms with Gasteiger partial charge in [-0.3, -0.25) is 4.90 Å². The minimum Gasteiger partial charge on any atom is -0.496 e. The maximum absolute atomic E-state index is 5.72. The molecule has 0 spiro atoms. The quantitative estimate of drug-likeness (QED) is 0.869. The molecule has 4 nitrogen and oxygen atoms in total. The zero-order valence-electron chi connectivity index (χ0n) is 12.1. The molecule has 0 aromatic heterocycles. The van der Waals surface area contributed by atoms with Crippen LogP contribution in [-0.2, 0) is 13.1 Å². The van der Waals surface area contributed by atoms with Gasteiger partial charge >= 0.3 is 0 Å². The SMILES string of the molecule is CCN1CCN(Cc2cc(CN)ccc2OC)CC1. The van der Waals surface area contributed by atoms with Gasteiger partial charge in [-0.15, -0.1) is 0 Å². The molecule has 19 heavy (non-hydrogen) atoms. The second-order valence-corrected chi connectivity index (χ2v) is 5.06. The van der Waals surface area contributed by atoms with E-state index in [2.05, 4.69) is 22.8 Å². The van der Waals surface area contributed by atoms with Crippen molar-refractivity contribution >= 4 is 0 Å². The molecule has 1 aromatic carbocycles. The highest BCUT2D eigenvalue weighted by molar-refractivity contribution is 5.37. The number of hydrogen-bond donors (Lipinski definition) is 1.